The summed E-state index contributed by atoms with van der Waals surface area (Å²) in [4.78, 5) is 12.4. The number of benzene rings is 2. The summed E-state index contributed by atoms with van der Waals surface area (Å²) >= 11 is 0. The monoisotopic (exact) mass is 315 g/mol. The third kappa shape index (κ3) is 3.94. The molecular formula is C18H21NO4. The maximum absolute atomic E-state index is 12.4. The van der Waals surface area contributed by atoms with Crippen molar-refractivity contribution in [2.75, 3.05) is 21.3 Å². The molecule has 0 radical (unpaired) electrons. The number of carbonyl (C=O) groups excluding carboxylic acids is 1. The Kier molecular flexibility index (Phi) is 5.46. The Morgan fingerprint density at radius 1 is 0.957 bits per heavy atom. The van der Waals surface area contributed by atoms with Gasteiger partial charge >= 0.3 is 0 Å². The van der Waals surface area contributed by atoms with Crippen LogP contribution in [0.15, 0.2) is 36.4 Å². The van der Waals surface area contributed by atoms with Gasteiger partial charge in [-0.3, -0.25) is 4.79 Å². The molecule has 0 aliphatic rings. The highest BCUT2D eigenvalue weighted by atomic mass is 16.5. The fourth-order valence-electron chi connectivity index (χ4n) is 2.25. The highest BCUT2D eigenvalue weighted by molar-refractivity contribution is 5.97. The highest BCUT2D eigenvalue weighted by Gasteiger charge is 2.15. The minimum absolute atomic E-state index is 0.212. The van der Waals surface area contributed by atoms with E-state index in [1.165, 1.54) is 0 Å². The zero-order chi connectivity index (χ0) is 16.8. The molecule has 0 aliphatic carbocycles. The van der Waals surface area contributed by atoms with Crippen LogP contribution < -0.4 is 19.5 Å². The van der Waals surface area contributed by atoms with Crippen molar-refractivity contribution in [1.29, 1.82) is 0 Å². The van der Waals surface area contributed by atoms with E-state index in [0.717, 1.165) is 16.9 Å². The molecule has 5 nitrogen and oxygen atoms in total. The summed E-state index contributed by atoms with van der Waals surface area (Å²) in [7, 11) is 4.74. The topological polar surface area (TPSA) is 56.8 Å². The minimum Gasteiger partial charge on any atom is -0.497 e. The molecule has 0 spiro atoms. The first-order valence-electron chi connectivity index (χ1n) is 7.22. The van der Waals surface area contributed by atoms with E-state index in [4.69, 9.17) is 14.2 Å². The molecule has 23 heavy (non-hydrogen) atoms. The number of ether oxygens (including phenoxy) is 3. The lowest BCUT2D eigenvalue weighted by atomic mass is 10.1. The molecule has 2 aromatic rings. The average Bonchev–Trinajstić information content (AvgIpc) is 2.59. The molecule has 0 fully saturated rings. The smallest absolute Gasteiger partial charge is 0.255 e. The molecule has 0 atom stereocenters. The van der Waals surface area contributed by atoms with E-state index >= 15 is 0 Å². The van der Waals surface area contributed by atoms with Crippen LogP contribution in [-0.2, 0) is 6.54 Å². The second-order valence-corrected chi connectivity index (χ2v) is 5.05. The van der Waals surface area contributed by atoms with E-state index in [1.54, 1.807) is 33.5 Å². The van der Waals surface area contributed by atoms with Gasteiger partial charge < -0.3 is 19.5 Å². The van der Waals surface area contributed by atoms with Crippen LogP contribution >= 0.6 is 0 Å². The van der Waals surface area contributed by atoms with Gasteiger partial charge in [0.15, 0.2) is 0 Å². The Labute approximate surface area is 136 Å². The molecule has 0 aliphatic heterocycles. The number of nitrogens with one attached hydrogen (secondary N) is 1. The third-order valence-electron chi connectivity index (χ3n) is 3.57. The fourth-order valence-corrected chi connectivity index (χ4v) is 2.25. The Morgan fingerprint density at radius 2 is 1.61 bits per heavy atom. The maximum atomic E-state index is 12.4. The molecule has 0 heterocycles. The van der Waals surface area contributed by atoms with Crippen molar-refractivity contribution >= 4 is 5.91 Å². The molecule has 122 valence electrons. The van der Waals surface area contributed by atoms with Gasteiger partial charge in [-0.25, -0.2) is 0 Å². The average molecular weight is 315 g/mol. The van der Waals surface area contributed by atoms with Crippen LogP contribution in [0.4, 0.5) is 0 Å². The fraction of sp³-hybridized carbons (Fsp3) is 0.278. The molecule has 0 saturated carbocycles. The number of carbonyl (C=O) groups is 1. The van der Waals surface area contributed by atoms with E-state index in [2.05, 4.69) is 5.32 Å². The summed E-state index contributed by atoms with van der Waals surface area (Å²) in [5.74, 6) is 1.75. The van der Waals surface area contributed by atoms with E-state index in [9.17, 15) is 4.79 Å². The summed E-state index contributed by atoms with van der Waals surface area (Å²) < 4.78 is 15.7. The number of methoxy groups -OCH3 is 3. The van der Waals surface area contributed by atoms with Crippen molar-refractivity contribution in [2.24, 2.45) is 0 Å². The van der Waals surface area contributed by atoms with Crippen molar-refractivity contribution in [3.8, 4) is 17.2 Å². The van der Waals surface area contributed by atoms with Gasteiger partial charge in [0.05, 0.1) is 26.9 Å². The van der Waals surface area contributed by atoms with Crippen molar-refractivity contribution in [3.05, 3.63) is 53.1 Å². The number of amides is 1. The standard InChI is InChI=1S/C18H21NO4/c1-12-9-17(23-4)15(10-16(12)22-3)18(20)19-11-13-5-7-14(21-2)8-6-13/h5-10H,11H2,1-4H3,(H,19,20). The van der Waals surface area contributed by atoms with E-state index in [1.807, 2.05) is 31.2 Å². The van der Waals surface area contributed by atoms with E-state index in [0.29, 0.717) is 23.6 Å². The van der Waals surface area contributed by atoms with Gasteiger partial charge in [0.1, 0.15) is 17.2 Å². The molecule has 1 N–H and O–H groups in total. The van der Waals surface area contributed by atoms with Crippen molar-refractivity contribution < 1.29 is 19.0 Å². The quantitative estimate of drug-likeness (QED) is 0.890. The summed E-state index contributed by atoms with van der Waals surface area (Å²) in [6, 6.07) is 11.0. The lowest BCUT2D eigenvalue weighted by Crippen LogP contribution is -2.23. The molecule has 2 aromatic carbocycles. The predicted octanol–water partition coefficient (Wildman–Crippen LogP) is 2.95. The summed E-state index contributed by atoms with van der Waals surface area (Å²) in [5.41, 5.74) is 2.34. The second-order valence-electron chi connectivity index (χ2n) is 5.05. The van der Waals surface area contributed by atoms with Crippen LogP contribution in [0.1, 0.15) is 21.5 Å². The van der Waals surface area contributed by atoms with Gasteiger partial charge in [0, 0.05) is 6.54 Å². The van der Waals surface area contributed by atoms with Crippen LogP contribution in [0.2, 0.25) is 0 Å². The molecule has 0 aromatic heterocycles. The lowest BCUT2D eigenvalue weighted by Gasteiger charge is -2.13. The summed E-state index contributed by atoms with van der Waals surface area (Å²) in [6.45, 7) is 2.32. The van der Waals surface area contributed by atoms with Crippen LogP contribution in [0, 0.1) is 6.92 Å². The highest BCUT2D eigenvalue weighted by Crippen LogP contribution is 2.28. The van der Waals surface area contributed by atoms with Crippen LogP contribution in [0.5, 0.6) is 17.2 Å². The van der Waals surface area contributed by atoms with Gasteiger partial charge in [-0.15, -0.1) is 0 Å². The number of aryl methyl sites for hydroxylation is 1. The Balaban J connectivity index is 2.13. The molecule has 2 rings (SSSR count). The zero-order valence-electron chi connectivity index (χ0n) is 13.8. The summed E-state index contributed by atoms with van der Waals surface area (Å²) in [5, 5.41) is 2.88. The molecule has 1 amide bonds. The molecule has 0 bridgehead atoms. The lowest BCUT2D eigenvalue weighted by molar-refractivity contribution is 0.0947. The van der Waals surface area contributed by atoms with Gasteiger partial charge in [0.2, 0.25) is 0 Å². The van der Waals surface area contributed by atoms with Crippen molar-refractivity contribution in [1.82, 2.24) is 5.32 Å². The van der Waals surface area contributed by atoms with E-state index in [-0.39, 0.29) is 5.91 Å². The Morgan fingerprint density at radius 3 is 2.17 bits per heavy atom. The molecule has 0 unspecified atom stereocenters. The maximum Gasteiger partial charge on any atom is 0.255 e. The van der Waals surface area contributed by atoms with Crippen LogP contribution in [0.3, 0.4) is 0 Å². The molecule has 5 heteroatoms. The first-order chi connectivity index (χ1) is 11.1. The van der Waals surface area contributed by atoms with Gasteiger partial charge in [-0.1, -0.05) is 12.1 Å². The van der Waals surface area contributed by atoms with Crippen molar-refractivity contribution in [3.63, 3.8) is 0 Å². The SMILES string of the molecule is COc1ccc(CNC(=O)c2cc(OC)c(C)cc2OC)cc1. The van der Waals surface area contributed by atoms with Gasteiger partial charge in [0.25, 0.3) is 5.91 Å². The predicted molar refractivity (Wildman–Crippen MR) is 88.4 cm³/mol. The zero-order valence-corrected chi connectivity index (χ0v) is 13.8. The second kappa shape index (κ2) is 7.54. The third-order valence-corrected chi connectivity index (χ3v) is 3.57. The van der Waals surface area contributed by atoms with Gasteiger partial charge in [-0.2, -0.15) is 0 Å². The minimum atomic E-state index is -0.212. The number of hydrogen-bond acceptors (Lipinski definition) is 4. The normalized spacial score (nSPS) is 10.1. The van der Waals surface area contributed by atoms with Crippen LogP contribution in [0.25, 0.3) is 0 Å². The van der Waals surface area contributed by atoms with Crippen molar-refractivity contribution in [2.45, 2.75) is 13.5 Å². The van der Waals surface area contributed by atoms with Gasteiger partial charge in [-0.05, 0) is 42.3 Å². The van der Waals surface area contributed by atoms with E-state index < -0.39 is 0 Å². The number of hydrogen-bond donors (Lipinski definition) is 1. The largest absolute Gasteiger partial charge is 0.497 e. The summed E-state index contributed by atoms with van der Waals surface area (Å²) in [6.07, 6.45) is 0. The first kappa shape index (κ1) is 16.7. The van der Waals surface area contributed by atoms with Crippen LogP contribution in [-0.4, -0.2) is 27.2 Å². The molecular weight excluding hydrogens is 294 g/mol. The molecule has 0 saturated heterocycles. The number of rotatable bonds is 6. The Bertz CT molecular complexity index is 680. The Hall–Kier alpha value is -2.69. The first-order valence-corrected chi connectivity index (χ1v) is 7.22.